The summed E-state index contributed by atoms with van der Waals surface area (Å²) in [4.78, 5) is 42.1. The number of methoxy groups -OCH3 is 4. The third kappa shape index (κ3) is 8.22. The quantitative estimate of drug-likeness (QED) is 0.0401. The summed E-state index contributed by atoms with van der Waals surface area (Å²) in [5, 5.41) is 19.4. The molecule has 2 aliphatic heterocycles. The molecule has 3 aromatic heterocycles. The Kier molecular flexibility index (Phi) is 11.6. The van der Waals surface area contributed by atoms with Gasteiger partial charge in [0.15, 0.2) is 0 Å². The molecule has 4 aromatic carbocycles. The molecule has 12 heteroatoms. The molecule has 0 amide bonds. The van der Waals surface area contributed by atoms with Crippen molar-refractivity contribution >= 4 is 64.4 Å². The maximum absolute atomic E-state index is 11.9. The highest BCUT2D eigenvalue weighted by Crippen LogP contribution is 2.40. The van der Waals surface area contributed by atoms with E-state index in [1.54, 1.807) is 34.5 Å². The first-order valence-electron chi connectivity index (χ1n) is 20.8. The smallest absolute Gasteiger partial charge is 0.343 e. The molecule has 0 unspecified atom stereocenters. The van der Waals surface area contributed by atoms with E-state index >= 15 is 0 Å². The molecule has 8 bridgehead atoms. The molecule has 7 aromatic rings. The van der Waals surface area contributed by atoms with Crippen molar-refractivity contribution in [1.29, 1.82) is 0 Å². The predicted molar refractivity (Wildman–Crippen MR) is 259 cm³/mol. The summed E-state index contributed by atoms with van der Waals surface area (Å²) in [6.45, 7) is 0. The number of rotatable bonds is 12. The number of aromatic nitrogens is 4. The lowest BCUT2D eigenvalue weighted by Gasteiger charge is -2.08. The number of hydrogen-bond donors (Lipinski definition) is 4. The Hall–Kier alpha value is -8.90. The average Bonchev–Trinajstić information content (AvgIpc) is 4.19. The van der Waals surface area contributed by atoms with Gasteiger partial charge in [0.25, 0.3) is 0 Å². The van der Waals surface area contributed by atoms with Crippen LogP contribution in [0.1, 0.15) is 28.3 Å². The number of carbonyl (C=O) groups is 2. The van der Waals surface area contributed by atoms with E-state index < -0.39 is 17.5 Å². The van der Waals surface area contributed by atoms with E-state index in [0.717, 1.165) is 61.8 Å². The molecule has 2 aliphatic rings. The number of hydrogen-bond acceptors (Lipinski definition) is 8. The van der Waals surface area contributed by atoms with Gasteiger partial charge in [-0.05, 0) is 119 Å². The molecule has 4 N–H and O–H groups in total. The number of H-pyrrole nitrogens is 2. The fourth-order valence-corrected chi connectivity index (χ4v) is 8.17. The van der Waals surface area contributed by atoms with E-state index in [0.29, 0.717) is 62.2 Å². The van der Waals surface area contributed by atoms with Crippen molar-refractivity contribution in [2.75, 3.05) is 28.4 Å². The van der Waals surface area contributed by atoms with Crippen molar-refractivity contribution in [2.45, 2.75) is 0 Å². The van der Waals surface area contributed by atoms with Gasteiger partial charge in [0.2, 0.25) is 0 Å². The van der Waals surface area contributed by atoms with Crippen LogP contribution < -0.4 is 18.9 Å². The Morgan fingerprint density at radius 1 is 0.470 bits per heavy atom. The molecule has 0 spiro atoms. The van der Waals surface area contributed by atoms with Crippen LogP contribution in [0.3, 0.4) is 0 Å². The number of aromatic amines is 2. The summed E-state index contributed by atoms with van der Waals surface area (Å²) in [6, 6.07) is 37.1. The van der Waals surface area contributed by atoms with E-state index in [2.05, 4.69) is 16.0 Å². The molecular formula is C54H42N4O8. The van der Waals surface area contributed by atoms with Gasteiger partial charge >= 0.3 is 11.9 Å². The lowest BCUT2D eigenvalue weighted by molar-refractivity contribution is -0.140. The molecule has 0 radical (unpaired) electrons. The van der Waals surface area contributed by atoms with Crippen molar-refractivity contribution in [3.05, 3.63) is 161 Å². The van der Waals surface area contributed by atoms with Gasteiger partial charge < -0.3 is 39.1 Å². The molecular weight excluding hydrogens is 833 g/mol. The molecule has 66 heavy (non-hydrogen) atoms. The SMILES string of the molecule is COc1ccc(-c2c3nc(c(-c4ccc(OC)cc4)c4cc(/C=C/C=C(C(=O)O)C(=O)O)c([nH]4)c(-c4ccc(OC)cc4)c4nc(c(-c5ccc(OC)cc5)c5ccc2[nH]5)C=C4)C=C3)cc1. The monoisotopic (exact) mass is 874 g/mol. The fraction of sp³-hybridized carbons (Fsp3) is 0.0741. The number of nitrogens with zero attached hydrogens (tertiary/aromatic N) is 2. The highest BCUT2D eigenvalue weighted by atomic mass is 16.5. The van der Waals surface area contributed by atoms with Gasteiger partial charge in [-0.2, -0.15) is 0 Å². The third-order valence-corrected chi connectivity index (χ3v) is 11.4. The van der Waals surface area contributed by atoms with Crippen LogP contribution in [0, 0.1) is 0 Å². The predicted octanol–water partition coefficient (Wildman–Crippen LogP) is 11.5. The second-order valence-electron chi connectivity index (χ2n) is 15.2. The van der Waals surface area contributed by atoms with Crippen molar-refractivity contribution in [1.82, 2.24) is 19.9 Å². The van der Waals surface area contributed by atoms with E-state index in [4.69, 9.17) is 28.9 Å². The minimum absolute atomic E-state index is 0.618. The average molecular weight is 875 g/mol. The first kappa shape index (κ1) is 42.4. The van der Waals surface area contributed by atoms with Crippen LogP contribution in [-0.4, -0.2) is 70.5 Å². The topological polar surface area (TPSA) is 169 Å². The van der Waals surface area contributed by atoms with Gasteiger partial charge in [-0.3, -0.25) is 0 Å². The molecule has 12 nitrogen and oxygen atoms in total. The van der Waals surface area contributed by atoms with E-state index in [1.165, 1.54) is 6.08 Å². The van der Waals surface area contributed by atoms with Gasteiger partial charge in [-0.25, -0.2) is 19.6 Å². The summed E-state index contributed by atoms with van der Waals surface area (Å²) >= 11 is 0. The number of fused-ring (bicyclic) bond motifs is 8. The van der Waals surface area contributed by atoms with Crippen molar-refractivity contribution in [3.63, 3.8) is 0 Å². The second-order valence-corrected chi connectivity index (χ2v) is 15.2. The molecule has 0 aliphatic carbocycles. The Labute approximate surface area is 379 Å². The standard InChI is InChI=1S/C54H42N4O8/c1-63-36-16-8-31(9-17-36)48-41-24-25-42(55-41)49(32-10-18-37(64-2)19-11-32)44-28-29-46(57-44)51(34-14-22-39(66-4)23-15-34)52-35(6-5-7-40(53(59)60)54(61)62)30-47(58-52)50(45-27-26-43(48)56-45)33-12-20-38(65-3)21-13-33/h5-30,55,58H,1-4H3,(H,59,60)(H,61,62)/b6-5+,48-41?,48-43?,49-42?,49-44?,50-45?,50-47?,51-46?,52-51?. The first-order valence-corrected chi connectivity index (χ1v) is 20.8. The van der Waals surface area contributed by atoms with Crippen LogP contribution in [0.5, 0.6) is 23.0 Å². The number of allylic oxidation sites excluding steroid dienone is 2. The maximum atomic E-state index is 11.9. The molecule has 0 saturated carbocycles. The van der Waals surface area contributed by atoms with Crippen molar-refractivity contribution in [3.8, 4) is 67.5 Å². The number of benzene rings is 4. The van der Waals surface area contributed by atoms with E-state index in [1.807, 2.05) is 133 Å². The zero-order valence-electron chi connectivity index (χ0n) is 36.2. The summed E-state index contributed by atoms with van der Waals surface area (Å²) in [5.41, 5.74) is 12.0. The highest BCUT2D eigenvalue weighted by molar-refractivity contribution is 6.13. The first-order chi connectivity index (χ1) is 32.2. The number of aliphatic carboxylic acids is 2. The Morgan fingerprint density at radius 3 is 1.18 bits per heavy atom. The maximum Gasteiger partial charge on any atom is 0.343 e. The normalized spacial score (nSPS) is 11.7. The minimum atomic E-state index is -1.56. The zero-order chi connectivity index (χ0) is 45.9. The van der Waals surface area contributed by atoms with Gasteiger partial charge in [0.1, 0.15) is 28.6 Å². The third-order valence-electron chi connectivity index (χ3n) is 11.4. The largest absolute Gasteiger partial charge is 0.497 e. The van der Waals surface area contributed by atoms with Crippen LogP contribution in [0.4, 0.5) is 0 Å². The summed E-state index contributed by atoms with van der Waals surface area (Å²) in [5.74, 6) is -0.355. The van der Waals surface area contributed by atoms with Gasteiger partial charge in [0, 0.05) is 44.4 Å². The number of nitrogens with one attached hydrogen (secondary N) is 2. The van der Waals surface area contributed by atoms with Gasteiger partial charge in [-0.15, -0.1) is 0 Å². The lowest BCUT2D eigenvalue weighted by Crippen LogP contribution is -2.10. The second kappa shape index (κ2) is 18.1. The van der Waals surface area contributed by atoms with Crippen molar-refractivity contribution < 1.29 is 38.7 Å². The molecule has 0 fully saturated rings. The van der Waals surface area contributed by atoms with Gasteiger partial charge in [-0.1, -0.05) is 60.7 Å². The molecule has 326 valence electrons. The summed E-state index contributed by atoms with van der Waals surface area (Å²) < 4.78 is 22.2. The minimum Gasteiger partial charge on any atom is -0.497 e. The van der Waals surface area contributed by atoms with Crippen LogP contribution in [0.15, 0.2) is 133 Å². The molecule has 0 atom stereocenters. The zero-order valence-corrected chi connectivity index (χ0v) is 36.2. The molecule has 5 heterocycles. The lowest BCUT2D eigenvalue weighted by atomic mass is 10.0. The van der Waals surface area contributed by atoms with Crippen molar-refractivity contribution in [2.24, 2.45) is 0 Å². The van der Waals surface area contributed by atoms with Gasteiger partial charge in [0.05, 0.1) is 56.7 Å². The molecule has 0 saturated heterocycles. The molecule has 9 rings (SSSR count). The van der Waals surface area contributed by atoms with Crippen LogP contribution in [-0.2, 0) is 9.59 Å². The highest BCUT2D eigenvalue weighted by Gasteiger charge is 2.21. The van der Waals surface area contributed by atoms with Crippen LogP contribution >= 0.6 is 0 Å². The summed E-state index contributed by atoms with van der Waals surface area (Å²) in [6.07, 6.45) is 12.1. The Bertz CT molecular complexity index is 3310. The Balaban J connectivity index is 1.48. The number of ether oxygens (including phenoxy) is 4. The Morgan fingerprint density at radius 2 is 0.818 bits per heavy atom. The van der Waals surface area contributed by atoms with E-state index in [-0.39, 0.29) is 0 Å². The van der Waals surface area contributed by atoms with Crippen LogP contribution in [0.25, 0.3) is 97.0 Å². The number of carboxylic acids is 2. The van der Waals surface area contributed by atoms with Crippen LogP contribution in [0.2, 0.25) is 0 Å². The number of carboxylic acid groups (broad SMARTS) is 2. The van der Waals surface area contributed by atoms with E-state index in [9.17, 15) is 19.8 Å². The fourth-order valence-electron chi connectivity index (χ4n) is 8.17. The summed E-state index contributed by atoms with van der Waals surface area (Å²) in [7, 11) is 6.49.